The third-order valence-corrected chi connectivity index (χ3v) is 5.09. The molecule has 0 bridgehead atoms. The minimum atomic E-state index is -0.862. The third kappa shape index (κ3) is 4.85. The molecule has 1 aliphatic rings. The molecule has 2 rings (SSSR count). The van der Waals surface area contributed by atoms with Crippen molar-refractivity contribution in [3.05, 3.63) is 35.9 Å². The fraction of sp³-hybridized carbons (Fsp3) is 0.500. The van der Waals surface area contributed by atoms with Gasteiger partial charge in [0.05, 0.1) is 17.9 Å². The average molecular weight is 371 g/mol. The van der Waals surface area contributed by atoms with Crippen molar-refractivity contribution < 1.29 is 19.1 Å². The molecule has 27 heavy (non-hydrogen) atoms. The maximum absolute atomic E-state index is 13.0. The Morgan fingerprint density at radius 1 is 1.22 bits per heavy atom. The van der Waals surface area contributed by atoms with Gasteiger partial charge in [-0.1, -0.05) is 30.3 Å². The van der Waals surface area contributed by atoms with Gasteiger partial charge in [0.15, 0.2) is 6.61 Å². The van der Waals surface area contributed by atoms with Gasteiger partial charge in [0.2, 0.25) is 5.91 Å². The Labute approximate surface area is 159 Å². The molecule has 0 unspecified atom stereocenters. The van der Waals surface area contributed by atoms with E-state index < -0.39 is 11.4 Å². The molecule has 0 saturated carbocycles. The summed E-state index contributed by atoms with van der Waals surface area (Å²) in [6.07, 6.45) is 1.13. The lowest BCUT2D eigenvalue weighted by Gasteiger charge is -2.40. The first kappa shape index (κ1) is 20.4. The largest absolute Gasteiger partial charge is 0.455 e. The molecule has 0 atom stereocenters. The number of carbonyl (C=O) groups excluding carboxylic acids is 3. The second kappa shape index (κ2) is 9.17. The van der Waals surface area contributed by atoms with Crippen molar-refractivity contribution in [2.45, 2.75) is 31.6 Å². The zero-order valence-electron chi connectivity index (χ0n) is 15.8. The number of esters is 1. The molecule has 1 heterocycles. The maximum atomic E-state index is 13.0. The van der Waals surface area contributed by atoms with Crippen LogP contribution in [0.4, 0.5) is 0 Å². The molecular formula is C20H25N3O4. The molecule has 0 spiro atoms. The Kier molecular flexibility index (Phi) is 6.94. The van der Waals surface area contributed by atoms with Crippen LogP contribution in [0.25, 0.3) is 0 Å². The van der Waals surface area contributed by atoms with Gasteiger partial charge in [-0.15, -0.1) is 0 Å². The van der Waals surface area contributed by atoms with Crippen LogP contribution in [-0.2, 0) is 24.5 Å². The summed E-state index contributed by atoms with van der Waals surface area (Å²) in [7, 11) is 1.58. The van der Waals surface area contributed by atoms with E-state index in [1.165, 1.54) is 11.8 Å². The summed E-state index contributed by atoms with van der Waals surface area (Å²) in [6, 6.07) is 11.3. The zero-order chi connectivity index (χ0) is 19.9. The van der Waals surface area contributed by atoms with Gasteiger partial charge >= 0.3 is 5.97 Å². The Bertz CT molecular complexity index is 718. The van der Waals surface area contributed by atoms with Crippen molar-refractivity contribution in [3.63, 3.8) is 0 Å². The summed E-state index contributed by atoms with van der Waals surface area (Å²) in [4.78, 5) is 39.8. The summed E-state index contributed by atoms with van der Waals surface area (Å²) in [5, 5.41) is 8.60. The maximum Gasteiger partial charge on any atom is 0.317 e. The van der Waals surface area contributed by atoms with Crippen LogP contribution in [0, 0.1) is 11.3 Å². The van der Waals surface area contributed by atoms with E-state index in [1.54, 1.807) is 11.9 Å². The van der Waals surface area contributed by atoms with Gasteiger partial charge in [-0.25, -0.2) is 0 Å². The Morgan fingerprint density at radius 2 is 1.85 bits per heavy atom. The van der Waals surface area contributed by atoms with Crippen molar-refractivity contribution in [1.29, 1.82) is 5.26 Å². The number of rotatable bonds is 6. The highest BCUT2D eigenvalue weighted by molar-refractivity contribution is 5.87. The van der Waals surface area contributed by atoms with E-state index in [1.807, 2.05) is 36.4 Å². The number of ether oxygens (including phenoxy) is 1. The first-order valence-corrected chi connectivity index (χ1v) is 9.00. The van der Waals surface area contributed by atoms with E-state index in [2.05, 4.69) is 0 Å². The van der Waals surface area contributed by atoms with E-state index >= 15 is 0 Å². The summed E-state index contributed by atoms with van der Waals surface area (Å²) in [5.41, 5.74) is -0.0258. The SMILES string of the molecule is CC(=O)N1CCC(C(=O)OCC(=O)N(C)CCC#N)(c2ccccc2)CC1. The molecular weight excluding hydrogens is 346 g/mol. The highest BCUT2D eigenvalue weighted by Gasteiger charge is 2.45. The average Bonchev–Trinajstić information content (AvgIpc) is 2.70. The van der Waals surface area contributed by atoms with Crippen LogP contribution in [0.2, 0.25) is 0 Å². The molecule has 1 aliphatic heterocycles. The summed E-state index contributed by atoms with van der Waals surface area (Å²) >= 11 is 0. The number of amides is 2. The fourth-order valence-electron chi connectivity index (χ4n) is 3.29. The highest BCUT2D eigenvalue weighted by atomic mass is 16.5. The Hall–Kier alpha value is -2.88. The first-order valence-electron chi connectivity index (χ1n) is 9.00. The predicted molar refractivity (Wildman–Crippen MR) is 98.4 cm³/mol. The van der Waals surface area contributed by atoms with Crippen LogP contribution in [0.3, 0.4) is 0 Å². The van der Waals surface area contributed by atoms with Crippen LogP contribution < -0.4 is 0 Å². The Morgan fingerprint density at radius 3 is 2.41 bits per heavy atom. The van der Waals surface area contributed by atoms with Crippen molar-refractivity contribution in [1.82, 2.24) is 9.80 Å². The summed E-state index contributed by atoms with van der Waals surface area (Å²) in [5.74, 6) is -0.804. The lowest BCUT2D eigenvalue weighted by molar-refractivity contribution is -0.159. The number of piperidine rings is 1. The Balaban J connectivity index is 2.11. The van der Waals surface area contributed by atoms with Gasteiger partial charge in [-0.2, -0.15) is 5.26 Å². The number of carbonyl (C=O) groups is 3. The van der Waals surface area contributed by atoms with Crippen molar-refractivity contribution in [3.8, 4) is 6.07 Å². The molecule has 7 nitrogen and oxygen atoms in total. The van der Waals surface area contributed by atoms with Gasteiger partial charge in [0.1, 0.15) is 0 Å². The first-order chi connectivity index (χ1) is 12.9. The second-order valence-electron chi connectivity index (χ2n) is 6.75. The van der Waals surface area contributed by atoms with Crippen molar-refractivity contribution in [2.24, 2.45) is 0 Å². The molecule has 0 aliphatic carbocycles. The molecule has 1 aromatic carbocycles. The molecule has 2 amide bonds. The quantitative estimate of drug-likeness (QED) is 0.707. The van der Waals surface area contributed by atoms with Gasteiger partial charge in [0, 0.05) is 33.6 Å². The number of likely N-dealkylation sites (N-methyl/N-ethyl adjacent to an activating group) is 1. The van der Waals surface area contributed by atoms with Crippen LogP contribution >= 0.6 is 0 Å². The van der Waals surface area contributed by atoms with Crippen molar-refractivity contribution >= 4 is 17.8 Å². The third-order valence-electron chi connectivity index (χ3n) is 5.09. The lowest BCUT2D eigenvalue weighted by Crippen LogP contribution is -2.49. The number of nitriles is 1. The minimum absolute atomic E-state index is 0.0145. The van der Waals surface area contributed by atoms with Gasteiger partial charge < -0.3 is 14.5 Å². The summed E-state index contributed by atoms with van der Waals surface area (Å²) < 4.78 is 5.38. The van der Waals surface area contributed by atoms with Gasteiger partial charge in [0.25, 0.3) is 5.91 Å². The molecule has 0 radical (unpaired) electrons. The predicted octanol–water partition coefficient (Wildman–Crippen LogP) is 1.48. The van der Waals surface area contributed by atoms with E-state index in [-0.39, 0.29) is 24.8 Å². The molecule has 0 N–H and O–H groups in total. The molecule has 1 saturated heterocycles. The van der Waals surface area contributed by atoms with E-state index in [0.29, 0.717) is 32.5 Å². The van der Waals surface area contributed by atoms with E-state index in [9.17, 15) is 14.4 Å². The van der Waals surface area contributed by atoms with Crippen molar-refractivity contribution in [2.75, 3.05) is 33.3 Å². The lowest BCUT2D eigenvalue weighted by atomic mass is 9.72. The normalized spacial score (nSPS) is 15.5. The monoisotopic (exact) mass is 371 g/mol. The zero-order valence-corrected chi connectivity index (χ0v) is 15.8. The second-order valence-corrected chi connectivity index (χ2v) is 6.75. The highest BCUT2D eigenvalue weighted by Crippen LogP contribution is 2.37. The van der Waals surface area contributed by atoms with Crippen LogP contribution in [0.15, 0.2) is 30.3 Å². The van der Waals surface area contributed by atoms with Gasteiger partial charge in [-0.05, 0) is 18.4 Å². The number of nitrogens with zero attached hydrogens (tertiary/aromatic N) is 3. The minimum Gasteiger partial charge on any atom is -0.455 e. The standard InChI is InChI=1S/C20H25N3O4/c1-16(24)23-13-9-20(10-14-23,17-7-4-3-5-8-17)19(26)27-15-18(25)22(2)12-6-11-21/h3-5,7-8H,6,9-10,12-15H2,1-2H3. The van der Waals surface area contributed by atoms with Gasteiger partial charge in [-0.3, -0.25) is 14.4 Å². The molecule has 1 aromatic rings. The molecule has 1 fully saturated rings. The molecule has 7 heteroatoms. The molecule has 144 valence electrons. The van der Waals surface area contributed by atoms with Crippen LogP contribution in [0.5, 0.6) is 0 Å². The van der Waals surface area contributed by atoms with Crippen LogP contribution in [-0.4, -0.2) is 60.9 Å². The number of likely N-dealkylation sites (tertiary alicyclic amines) is 1. The van der Waals surface area contributed by atoms with E-state index in [0.717, 1.165) is 5.56 Å². The topological polar surface area (TPSA) is 90.7 Å². The van der Waals surface area contributed by atoms with Crippen LogP contribution in [0.1, 0.15) is 31.7 Å². The summed E-state index contributed by atoms with van der Waals surface area (Å²) in [6.45, 7) is 2.39. The number of hydrogen-bond donors (Lipinski definition) is 0. The number of benzene rings is 1. The fourth-order valence-corrected chi connectivity index (χ4v) is 3.29. The smallest absolute Gasteiger partial charge is 0.317 e. The van der Waals surface area contributed by atoms with E-state index in [4.69, 9.17) is 10.00 Å². The number of hydrogen-bond acceptors (Lipinski definition) is 5. The molecule has 0 aromatic heterocycles.